The Hall–Kier alpha value is -0.690. The fourth-order valence-corrected chi connectivity index (χ4v) is 7.94. The quantitative estimate of drug-likeness (QED) is 0.0396. The normalized spacial score (nSPS) is 14.0. The van der Waals surface area contributed by atoms with Crippen LogP contribution in [0.2, 0.25) is 0 Å². The van der Waals surface area contributed by atoms with Crippen molar-refractivity contribution in [3.8, 4) is 0 Å². The minimum absolute atomic E-state index is 0.376. The number of rotatable bonds is 45. The van der Waals surface area contributed by atoms with Crippen molar-refractivity contribution in [2.24, 2.45) is 0 Å². The summed E-state index contributed by atoms with van der Waals surface area (Å²) < 4.78 is 0. The number of hydrogen-bond donors (Lipinski definition) is 5. The Labute approximate surface area is 337 Å². The number of carbonyl (C=O) groups is 1. The minimum Gasteiger partial charge on any atom is -0.394 e. The first kappa shape index (κ1) is 53.3. The molecule has 6 nitrogen and oxygen atoms in total. The van der Waals surface area contributed by atoms with Gasteiger partial charge >= 0.3 is 0 Å². The van der Waals surface area contributed by atoms with Gasteiger partial charge in [-0.05, 0) is 12.8 Å². The van der Waals surface area contributed by atoms with Gasteiger partial charge in [0, 0.05) is 0 Å². The maximum absolute atomic E-state index is 12.5. The number of unbranched alkanes of at least 4 members (excludes halogenated alkanes) is 36. The zero-order valence-corrected chi connectivity index (χ0v) is 36.5. The van der Waals surface area contributed by atoms with Gasteiger partial charge in [0.15, 0.2) is 0 Å². The first-order chi connectivity index (χ1) is 26.5. The van der Waals surface area contributed by atoms with Crippen molar-refractivity contribution in [2.75, 3.05) is 6.61 Å². The summed E-state index contributed by atoms with van der Waals surface area (Å²) in [6, 6.07) is -0.979. The SMILES string of the molecule is CCCCCCCCCCCCCCCCCCCCCCCCC(O)C(=O)NC(CO)C(O)C(O)CCCCCCCCCCCCCCCCCC. The van der Waals surface area contributed by atoms with E-state index in [0.717, 1.165) is 38.5 Å². The van der Waals surface area contributed by atoms with Crippen LogP contribution in [0.25, 0.3) is 0 Å². The van der Waals surface area contributed by atoms with Gasteiger partial charge in [-0.3, -0.25) is 4.79 Å². The fraction of sp³-hybridized carbons (Fsp3) is 0.979. The monoisotopic (exact) mass is 768 g/mol. The molecule has 0 bridgehead atoms. The molecule has 0 aliphatic carbocycles. The van der Waals surface area contributed by atoms with Gasteiger partial charge in [-0.1, -0.05) is 258 Å². The van der Waals surface area contributed by atoms with Crippen molar-refractivity contribution in [2.45, 2.75) is 295 Å². The zero-order valence-electron chi connectivity index (χ0n) is 36.5. The molecular formula is C48H97NO5. The van der Waals surface area contributed by atoms with Crippen LogP contribution in [-0.4, -0.2) is 57.3 Å². The number of aliphatic hydroxyl groups excluding tert-OH is 4. The third-order valence-electron chi connectivity index (χ3n) is 11.8. The number of nitrogens with one attached hydrogen (secondary N) is 1. The van der Waals surface area contributed by atoms with Crippen molar-refractivity contribution in [3.63, 3.8) is 0 Å². The number of amides is 1. The van der Waals surface area contributed by atoms with E-state index < -0.39 is 36.9 Å². The smallest absolute Gasteiger partial charge is 0.249 e. The van der Waals surface area contributed by atoms with E-state index in [1.54, 1.807) is 0 Å². The van der Waals surface area contributed by atoms with Crippen LogP contribution in [0.5, 0.6) is 0 Å². The van der Waals surface area contributed by atoms with Crippen LogP contribution in [0.4, 0.5) is 0 Å². The molecule has 54 heavy (non-hydrogen) atoms. The summed E-state index contributed by atoms with van der Waals surface area (Å²) >= 11 is 0. The lowest BCUT2D eigenvalue weighted by Crippen LogP contribution is -2.53. The lowest BCUT2D eigenvalue weighted by Gasteiger charge is -2.27. The van der Waals surface area contributed by atoms with Gasteiger partial charge in [0.25, 0.3) is 0 Å². The van der Waals surface area contributed by atoms with Crippen LogP contribution in [0, 0.1) is 0 Å². The molecule has 0 saturated carbocycles. The summed E-state index contributed by atoms with van der Waals surface area (Å²) in [5.41, 5.74) is 0. The predicted octanol–water partition coefficient (Wildman–Crippen LogP) is 13.2. The maximum atomic E-state index is 12.5. The highest BCUT2D eigenvalue weighted by atomic mass is 16.3. The largest absolute Gasteiger partial charge is 0.394 e. The topological polar surface area (TPSA) is 110 Å². The predicted molar refractivity (Wildman–Crippen MR) is 233 cm³/mol. The molecule has 0 aliphatic heterocycles. The van der Waals surface area contributed by atoms with E-state index in [4.69, 9.17) is 0 Å². The van der Waals surface area contributed by atoms with E-state index >= 15 is 0 Å². The van der Waals surface area contributed by atoms with E-state index in [1.165, 1.54) is 205 Å². The molecule has 0 spiro atoms. The third-order valence-corrected chi connectivity index (χ3v) is 11.8. The first-order valence-electron chi connectivity index (χ1n) is 24.4. The molecule has 6 heteroatoms. The molecule has 0 radical (unpaired) electrons. The van der Waals surface area contributed by atoms with Crippen LogP contribution in [0.15, 0.2) is 0 Å². The second-order valence-electron chi connectivity index (χ2n) is 17.2. The van der Waals surface area contributed by atoms with Crippen molar-refractivity contribution in [3.05, 3.63) is 0 Å². The molecule has 0 aromatic carbocycles. The molecule has 0 fully saturated rings. The zero-order chi connectivity index (χ0) is 39.6. The molecule has 0 aromatic heterocycles. The minimum atomic E-state index is -1.25. The average Bonchev–Trinajstić information content (AvgIpc) is 3.18. The number of hydrogen-bond acceptors (Lipinski definition) is 5. The van der Waals surface area contributed by atoms with E-state index in [0.29, 0.717) is 12.8 Å². The molecule has 5 N–H and O–H groups in total. The Morgan fingerprint density at radius 1 is 0.389 bits per heavy atom. The van der Waals surface area contributed by atoms with Gasteiger partial charge in [-0.2, -0.15) is 0 Å². The molecule has 4 atom stereocenters. The summed E-state index contributed by atoms with van der Waals surface area (Å²) in [5, 5.41) is 43.8. The molecule has 0 saturated heterocycles. The summed E-state index contributed by atoms with van der Waals surface area (Å²) in [4.78, 5) is 12.5. The number of aliphatic hydroxyl groups is 4. The molecule has 0 aromatic rings. The molecule has 0 aliphatic rings. The third kappa shape index (κ3) is 36.9. The lowest BCUT2D eigenvalue weighted by atomic mass is 9.99. The van der Waals surface area contributed by atoms with Gasteiger partial charge in [-0.25, -0.2) is 0 Å². The number of carbonyl (C=O) groups excluding carboxylic acids is 1. The molecule has 0 heterocycles. The highest BCUT2D eigenvalue weighted by Gasteiger charge is 2.28. The Morgan fingerprint density at radius 2 is 0.630 bits per heavy atom. The molecule has 0 rings (SSSR count). The Bertz CT molecular complexity index is 736. The van der Waals surface area contributed by atoms with Crippen LogP contribution in [-0.2, 0) is 4.79 Å². The molecule has 1 amide bonds. The highest BCUT2D eigenvalue weighted by Crippen LogP contribution is 2.18. The standard InChI is InChI=1S/C48H97NO5/c1-3-5-7-9-11-13-15-17-19-21-22-23-24-25-26-28-30-32-34-36-38-40-42-46(52)48(54)49-44(43-50)47(53)45(51)41-39-37-35-33-31-29-27-20-18-16-14-12-10-8-6-4-2/h44-47,50-53H,3-43H2,1-2H3,(H,49,54). The van der Waals surface area contributed by atoms with Gasteiger partial charge in [0.1, 0.15) is 12.2 Å². The van der Waals surface area contributed by atoms with Crippen molar-refractivity contribution in [1.82, 2.24) is 5.32 Å². The lowest BCUT2D eigenvalue weighted by molar-refractivity contribution is -0.132. The second kappa shape index (κ2) is 43.4. The van der Waals surface area contributed by atoms with Crippen molar-refractivity contribution in [1.29, 1.82) is 0 Å². The Balaban J connectivity index is 3.64. The Morgan fingerprint density at radius 3 is 0.889 bits per heavy atom. The van der Waals surface area contributed by atoms with Gasteiger partial charge < -0.3 is 25.7 Å². The fourth-order valence-electron chi connectivity index (χ4n) is 7.94. The summed E-state index contributed by atoms with van der Waals surface area (Å²) in [7, 11) is 0. The van der Waals surface area contributed by atoms with Crippen LogP contribution in [0.1, 0.15) is 271 Å². The summed E-state index contributed by atoms with van der Waals surface area (Å²) in [6.45, 7) is 4.08. The van der Waals surface area contributed by atoms with E-state index in [-0.39, 0.29) is 0 Å². The maximum Gasteiger partial charge on any atom is 0.249 e. The van der Waals surface area contributed by atoms with E-state index in [1.807, 2.05) is 0 Å². The molecule has 324 valence electrons. The Kier molecular flexibility index (Phi) is 42.9. The van der Waals surface area contributed by atoms with E-state index in [9.17, 15) is 25.2 Å². The van der Waals surface area contributed by atoms with Crippen molar-refractivity contribution < 1.29 is 25.2 Å². The van der Waals surface area contributed by atoms with Gasteiger partial charge in [0.2, 0.25) is 5.91 Å². The molecule has 4 unspecified atom stereocenters. The van der Waals surface area contributed by atoms with Gasteiger partial charge in [0.05, 0.1) is 18.8 Å². The van der Waals surface area contributed by atoms with Crippen LogP contribution < -0.4 is 5.32 Å². The average molecular weight is 768 g/mol. The molecular weight excluding hydrogens is 671 g/mol. The first-order valence-corrected chi connectivity index (χ1v) is 24.4. The van der Waals surface area contributed by atoms with Crippen LogP contribution in [0.3, 0.4) is 0 Å². The summed E-state index contributed by atoms with van der Waals surface area (Å²) in [6.07, 6.45) is 47.1. The summed E-state index contributed by atoms with van der Waals surface area (Å²) in [5.74, 6) is -0.578. The second-order valence-corrected chi connectivity index (χ2v) is 17.2. The van der Waals surface area contributed by atoms with Crippen molar-refractivity contribution >= 4 is 5.91 Å². The van der Waals surface area contributed by atoms with Crippen LogP contribution >= 0.6 is 0 Å². The van der Waals surface area contributed by atoms with Gasteiger partial charge in [-0.15, -0.1) is 0 Å². The highest BCUT2D eigenvalue weighted by molar-refractivity contribution is 5.80. The van der Waals surface area contributed by atoms with E-state index in [2.05, 4.69) is 19.2 Å².